The van der Waals surface area contributed by atoms with Crippen molar-refractivity contribution < 1.29 is 19.1 Å². The third-order valence-electron chi connectivity index (χ3n) is 6.46. The number of carboxylic acid groups (broad SMARTS) is 1. The summed E-state index contributed by atoms with van der Waals surface area (Å²) in [5.41, 5.74) is 15.2. The van der Waals surface area contributed by atoms with Crippen LogP contribution in [0.4, 0.5) is 0 Å². The highest BCUT2D eigenvalue weighted by atomic mass is 16.5. The number of hydrogen-bond acceptors (Lipinski definition) is 4. The molecule has 1 aromatic heterocycles. The van der Waals surface area contributed by atoms with Crippen LogP contribution in [0, 0.1) is 6.92 Å². The van der Waals surface area contributed by atoms with Crippen molar-refractivity contribution >= 4 is 16.9 Å². The van der Waals surface area contributed by atoms with Gasteiger partial charge in [0.15, 0.2) is 0 Å². The van der Waals surface area contributed by atoms with Gasteiger partial charge in [-0.25, -0.2) is 0 Å². The van der Waals surface area contributed by atoms with Gasteiger partial charge in [0.1, 0.15) is 17.9 Å². The van der Waals surface area contributed by atoms with Gasteiger partial charge < -0.3 is 20.0 Å². The van der Waals surface area contributed by atoms with E-state index in [1.54, 1.807) is 6.26 Å². The number of fused-ring (bicyclic) bond motifs is 2. The molecule has 0 bridgehead atoms. The van der Waals surface area contributed by atoms with Gasteiger partial charge >= 0.3 is 5.97 Å². The van der Waals surface area contributed by atoms with Crippen LogP contribution < -0.4 is 10.5 Å². The first-order valence-electron chi connectivity index (χ1n) is 11.3. The summed E-state index contributed by atoms with van der Waals surface area (Å²) in [4.78, 5) is 11.5. The summed E-state index contributed by atoms with van der Waals surface area (Å²) in [7, 11) is 0. The fraction of sp³-hybridized carbons (Fsp3) is 0.250. The number of hydrogen-bond donors (Lipinski definition) is 2. The van der Waals surface area contributed by atoms with Crippen LogP contribution in [-0.2, 0) is 37.2 Å². The van der Waals surface area contributed by atoms with E-state index >= 15 is 0 Å². The number of rotatable bonds is 7. The molecule has 0 amide bonds. The Hall–Kier alpha value is -3.57. The standard InChI is InChI=1S/C28H27NO4/c1-17-10-22(14-26(30)31)28(24-7-3-6-23(17)24)33-16-19-12-21-8-9-32-27(21)25(13-19)20-5-2-4-18(11-20)15-29/h2,4-5,8-13H,3,6-7,14-16,29H2,1H3,(H,30,31). The number of carboxylic acids is 1. The molecule has 0 radical (unpaired) electrons. The highest BCUT2D eigenvalue weighted by Crippen LogP contribution is 2.38. The van der Waals surface area contributed by atoms with E-state index in [-0.39, 0.29) is 6.42 Å². The van der Waals surface area contributed by atoms with Crippen LogP contribution in [-0.4, -0.2) is 11.1 Å². The highest BCUT2D eigenvalue weighted by molar-refractivity contribution is 5.93. The summed E-state index contributed by atoms with van der Waals surface area (Å²) in [5.74, 6) is -0.103. The van der Waals surface area contributed by atoms with Crippen LogP contribution >= 0.6 is 0 Å². The van der Waals surface area contributed by atoms with Crippen molar-refractivity contribution in [3.63, 3.8) is 0 Å². The first-order valence-corrected chi connectivity index (χ1v) is 11.3. The van der Waals surface area contributed by atoms with Gasteiger partial charge in [-0.05, 0) is 83.8 Å². The van der Waals surface area contributed by atoms with Crippen molar-refractivity contribution in [1.82, 2.24) is 0 Å². The molecule has 3 N–H and O–H groups in total. The van der Waals surface area contributed by atoms with E-state index in [9.17, 15) is 9.90 Å². The number of furan rings is 1. The molecule has 0 aliphatic heterocycles. The molecule has 5 heteroatoms. The molecule has 5 rings (SSSR count). The van der Waals surface area contributed by atoms with Crippen LogP contribution in [0.1, 0.15) is 39.8 Å². The van der Waals surface area contributed by atoms with E-state index in [0.717, 1.165) is 69.4 Å². The summed E-state index contributed by atoms with van der Waals surface area (Å²) < 4.78 is 12.2. The quantitative estimate of drug-likeness (QED) is 0.392. The van der Waals surface area contributed by atoms with E-state index in [4.69, 9.17) is 14.9 Å². The summed E-state index contributed by atoms with van der Waals surface area (Å²) in [6, 6.07) is 16.2. The SMILES string of the molecule is Cc1cc(CC(=O)O)c(OCc2cc(-c3cccc(CN)c3)c3occc3c2)c2c1CCC2. The lowest BCUT2D eigenvalue weighted by molar-refractivity contribution is -0.136. The Labute approximate surface area is 192 Å². The lowest BCUT2D eigenvalue weighted by atomic mass is 9.97. The lowest BCUT2D eigenvalue weighted by Gasteiger charge is -2.18. The van der Waals surface area contributed by atoms with Crippen molar-refractivity contribution in [2.45, 2.75) is 45.8 Å². The van der Waals surface area contributed by atoms with Crippen molar-refractivity contribution in [2.24, 2.45) is 5.73 Å². The molecule has 168 valence electrons. The lowest BCUT2D eigenvalue weighted by Crippen LogP contribution is -2.08. The normalized spacial score (nSPS) is 12.8. The van der Waals surface area contributed by atoms with E-state index in [1.807, 2.05) is 24.3 Å². The van der Waals surface area contributed by atoms with Crippen LogP contribution in [0.3, 0.4) is 0 Å². The monoisotopic (exact) mass is 441 g/mol. The van der Waals surface area contributed by atoms with Gasteiger partial charge in [0, 0.05) is 23.1 Å². The zero-order chi connectivity index (χ0) is 22.9. The minimum absolute atomic E-state index is 0.0403. The smallest absolute Gasteiger partial charge is 0.307 e. The summed E-state index contributed by atoms with van der Waals surface area (Å²) >= 11 is 0. The number of aryl methyl sites for hydroxylation is 1. The van der Waals surface area contributed by atoms with Crippen molar-refractivity contribution in [3.8, 4) is 16.9 Å². The van der Waals surface area contributed by atoms with Crippen LogP contribution in [0.25, 0.3) is 22.1 Å². The average Bonchev–Trinajstić information content (AvgIpc) is 3.48. The molecule has 5 nitrogen and oxygen atoms in total. The molecule has 1 aliphatic carbocycles. The second-order valence-corrected chi connectivity index (χ2v) is 8.74. The largest absolute Gasteiger partial charge is 0.488 e. The van der Waals surface area contributed by atoms with Crippen LogP contribution in [0.5, 0.6) is 5.75 Å². The van der Waals surface area contributed by atoms with Gasteiger partial charge in [-0.15, -0.1) is 0 Å². The topological polar surface area (TPSA) is 85.7 Å². The second-order valence-electron chi connectivity index (χ2n) is 8.74. The summed E-state index contributed by atoms with van der Waals surface area (Å²) in [5, 5.41) is 10.4. The van der Waals surface area contributed by atoms with E-state index in [2.05, 4.69) is 31.2 Å². The zero-order valence-corrected chi connectivity index (χ0v) is 18.7. The molecule has 0 spiro atoms. The molecule has 3 aromatic carbocycles. The number of nitrogens with two attached hydrogens (primary N) is 1. The van der Waals surface area contributed by atoms with Crippen molar-refractivity contribution in [2.75, 3.05) is 0 Å². The van der Waals surface area contributed by atoms with Crippen molar-refractivity contribution in [1.29, 1.82) is 0 Å². The van der Waals surface area contributed by atoms with Gasteiger partial charge in [-0.3, -0.25) is 4.79 Å². The van der Waals surface area contributed by atoms with Gasteiger partial charge in [-0.1, -0.05) is 24.3 Å². The third kappa shape index (κ3) is 4.12. The van der Waals surface area contributed by atoms with Gasteiger partial charge in [-0.2, -0.15) is 0 Å². The minimum Gasteiger partial charge on any atom is -0.488 e. The van der Waals surface area contributed by atoms with E-state index in [0.29, 0.717) is 13.2 Å². The molecule has 0 fully saturated rings. The molecule has 4 aromatic rings. The highest BCUT2D eigenvalue weighted by Gasteiger charge is 2.23. The Morgan fingerprint density at radius 3 is 2.76 bits per heavy atom. The Kier molecular flexibility index (Phi) is 5.65. The molecule has 1 aliphatic rings. The molecule has 0 saturated heterocycles. The summed E-state index contributed by atoms with van der Waals surface area (Å²) in [6.45, 7) is 2.89. The summed E-state index contributed by atoms with van der Waals surface area (Å²) in [6.07, 6.45) is 4.68. The fourth-order valence-electron chi connectivity index (χ4n) is 4.97. The maximum absolute atomic E-state index is 11.5. The molecule has 33 heavy (non-hydrogen) atoms. The van der Waals surface area contributed by atoms with Gasteiger partial charge in [0.05, 0.1) is 12.7 Å². The molecule has 0 unspecified atom stereocenters. The maximum Gasteiger partial charge on any atom is 0.307 e. The number of benzene rings is 3. The Bertz CT molecular complexity index is 1350. The van der Waals surface area contributed by atoms with Gasteiger partial charge in [0.2, 0.25) is 0 Å². The zero-order valence-electron chi connectivity index (χ0n) is 18.7. The van der Waals surface area contributed by atoms with Gasteiger partial charge in [0.25, 0.3) is 0 Å². The fourth-order valence-corrected chi connectivity index (χ4v) is 4.97. The molecular weight excluding hydrogens is 414 g/mol. The number of ether oxygens (including phenoxy) is 1. The minimum atomic E-state index is -0.848. The maximum atomic E-state index is 11.5. The number of carbonyl (C=O) groups is 1. The Balaban J connectivity index is 1.52. The van der Waals surface area contributed by atoms with Crippen molar-refractivity contribution in [3.05, 3.63) is 88.2 Å². The molecule has 0 saturated carbocycles. The molecular formula is C28H27NO4. The van der Waals surface area contributed by atoms with Crippen LogP contribution in [0.15, 0.2) is 59.2 Å². The third-order valence-corrected chi connectivity index (χ3v) is 6.46. The van der Waals surface area contributed by atoms with E-state index < -0.39 is 5.97 Å². The average molecular weight is 442 g/mol. The molecule has 0 atom stereocenters. The Morgan fingerprint density at radius 2 is 1.94 bits per heavy atom. The first kappa shape index (κ1) is 21.3. The van der Waals surface area contributed by atoms with E-state index in [1.165, 1.54) is 11.1 Å². The molecule has 1 heterocycles. The first-order chi connectivity index (χ1) is 16.0. The number of aliphatic carboxylic acids is 1. The van der Waals surface area contributed by atoms with Crippen LogP contribution in [0.2, 0.25) is 0 Å². The second kappa shape index (κ2) is 8.75. The predicted octanol–water partition coefficient (Wildman–Crippen LogP) is 5.56. The Morgan fingerprint density at radius 1 is 1.09 bits per heavy atom. The predicted molar refractivity (Wildman–Crippen MR) is 128 cm³/mol.